The number of benzene rings is 10. The highest BCUT2D eigenvalue weighted by Crippen LogP contribution is 2.57. The highest BCUT2D eigenvalue weighted by molar-refractivity contribution is 6.14. The van der Waals surface area contributed by atoms with Gasteiger partial charge in [0.05, 0.1) is 27.5 Å². The third-order valence-electron chi connectivity index (χ3n) is 13.4. The summed E-state index contributed by atoms with van der Waals surface area (Å²) in [7, 11) is 0. The van der Waals surface area contributed by atoms with E-state index in [-0.39, 0.29) is 0 Å². The molecule has 61 heavy (non-hydrogen) atoms. The van der Waals surface area contributed by atoms with Crippen molar-refractivity contribution >= 4 is 54.4 Å². The summed E-state index contributed by atoms with van der Waals surface area (Å²) in [6, 6.07) is 85.4. The number of hydrogen-bond acceptors (Lipinski definition) is 0. The van der Waals surface area contributed by atoms with E-state index in [1.807, 2.05) is 0 Å². The summed E-state index contributed by atoms with van der Waals surface area (Å²) in [5, 5.41) is 7.46. The molecular weight excluding hydrogens is 737 g/mol. The van der Waals surface area contributed by atoms with Gasteiger partial charge in [-0.3, -0.25) is 0 Å². The summed E-state index contributed by atoms with van der Waals surface area (Å²) < 4.78 is 4.89. The average Bonchev–Trinajstić information content (AvgIpc) is 3.94. The van der Waals surface area contributed by atoms with Crippen molar-refractivity contribution in [2.45, 2.75) is 5.41 Å². The van der Waals surface area contributed by atoms with Crippen molar-refractivity contribution in [2.24, 2.45) is 0 Å². The van der Waals surface area contributed by atoms with Crippen LogP contribution in [0.4, 0.5) is 0 Å². The fourth-order valence-electron chi connectivity index (χ4n) is 10.7. The maximum atomic E-state index is 2.52. The summed E-state index contributed by atoms with van der Waals surface area (Å²) in [4.78, 5) is 0. The van der Waals surface area contributed by atoms with Crippen molar-refractivity contribution in [3.8, 4) is 33.6 Å². The third kappa shape index (κ3) is 4.85. The fourth-order valence-corrected chi connectivity index (χ4v) is 10.7. The van der Waals surface area contributed by atoms with E-state index in [1.165, 1.54) is 105 Å². The van der Waals surface area contributed by atoms with Gasteiger partial charge in [0.15, 0.2) is 0 Å². The van der Waals surface area contributed by atoms with Crippen LogP contribution in [-0.2, 0) is 5.41 Å². The van der Waals surface area contributed by atoms with Crippen molar-refractivity contribution in [1.29, 1.82) is 0 Å². The van der Waals surface area contributed by atoms with Crippen LogP contribution in [0.15, 0.2) is 231 Å². The molecule has 0 amide bonds. The Morgan fingerprint density at radius 1 is 0.279 bits per heavy atom. The van der Waals surface area contributed by atoms with Crippen LogP contribution in [0.25, 0.3) is 88.0 Å². The zero-order valence-corrected chi connectivity index (χ0v) is 33.3. The normalized spacial score (nSPS) is 13.0. The molecule has 10 aromatic carbocycles. The minimum Gasteiger partial charge on any atom is -0.309 e. The first-order chi connectivity index (χ1) is 30.3. The van der Waals surface area contributed by atoms with Crippen LogP contribution in [0.5, 0.6) is 0 Å². The minimum atomic E-state index is -0.493. The molecule has 2 aromatic heterocycles. The van der Waals surface area contributed by atoms with Gasteiger partial charge in [-0.15, -0.1) is 0 Å². The van der Waals surface area contributed by atoms with Gasteiger partial charge in [-0.1, -0.05) is 164 Å². The molecule has 1 aliphatic rings. The highest BCUT2D eigenvalue weighted by atomic mass is 15.0. The molecule has 0 unspecified atom stereocenters. The highest BCUT2D eigenvalue weighted by Gasteiger charge is 2.46. The second kappa shape index (κ2) is 13.0. The second-order valence-corrected chi connectivity index (χ2v) is 16.5. The predicted molar refractivity (Wildman–Crippen MR) is 255 cm³/mol. The molecule has 0 bridgehead atoms. The molecule has 0 radical (unpaired) electrons. The first kappa shape index (κ1) is 34.0. The van der Waals surface area contributed by atoms with Crippen molar-refractivity contribution in [1.82, 2.24) is 9.13 Å². The molecule has 12 aromatic rings. The second-order valence-electron chi connectivity index (χ2n) is 16.5. The van der Waals surface area contributed by atoms with Crippen LogP contribution in [0.3, 0.4) is 0 Å². The maximum Gasteiger partial charge on any atom is 0.0714 e. The zero-order chi connectivity index (χ0) is 40.1. The lowest BCUT2D eigenvalue weighted by atomic mass is 9.67. The largest absolute Gasteiger partial charge is 0.309 e. The summed E-state index contributed by atoms with van der Waals surface area (Å²) in [6.07, 6.45) is 0. The maximum absolute atomic E-state index is 2.52. The Balaban J connectivity index is 1.10. The van der Waals surface area contributed by atoms with E-state index >= 15 is 0 Å². The molecule has 0 atom stereocenters. The molecule has 1 aliphatic carbocycles. The van der Waals surface area contributed by atoms with E-state index in [0.717, 1.165) is 5.69 Å². The molecule has 284 valence electrons. The molecule has 2 heterocycles. The topological polar surface area (TPSA) is 9.86 Å². The van der Waals surface area contributed by atoms with Gasteiger partial charge in [0.2, 0.25) is 0 Å². The van der Waals surface area contributed by atoms with Crippen LogP contribution in [-0.4, -0.2) is 9.13 Å². The zero-order valence-electron chi connectivity index (χ0n) is 33.3. The first-order valence-electron chi connectivity index (χ1n) is 21.2. The first-order valence-corrected chi connectivity index (χ1v) is 21.2. The number of aromatic nitrogens is 2. The lowest BCUT2D eigenvalue weighted by Gasteiger charge is -2.34. The number of para-hydroxylation sites is 2. The molecule has 0 aliphatic heterocycles. The number of fused-ring (bicyclic) bond motifs is 10. The smallest absolute Gasteiger partial charge is 0.0714 e. The Labute approximate surface area is 353 Å². The predicted octanol–water partition coefficient (Wildman–Crippen LogP) is 15.1. The van der Waals surface area contributed by atoms with Crippen LogP contribution in [0, 0.1) is 0 Å². The lowest BCUT2D eigenvalue weighted by molar-refractivity contribution is 0.769. The van der Waals surface area contributed by atoms with Crippen molar-refractivity contribution in [3.05, 3.63) is 253 Å². The molecule has 0 saturated heterocycles. The molecule has 0 N–H and O–H groups in total. The molecule has 2 heteroatoms. The van der Waals surface area contributed by atoms with Crippen molar-refractivity contribution < 1.29 is 0 Å². The van der Waals surface area contributed by atoms with Crippen LogP contribution >= 0.6 is 0 Å². The Morgan fingerprint density at radius 3 is 1.54 bits per heavy atom. The van der Waals surface area contributed by atoms with E-state index in [1.54, 1.807) is 0 Å². The van der Waals surface area contributed by atoms with Crippen LogP contribution in [0.1, 0.15) is 22.3 Å². The Morgan fingerprint density at radius 2 is 0.820 bits per heavy atom. The van der Waals surface area contributed by atoms with E-state index in [4.69, 9.17) is 0 Å². The van der Waals surface area contributed by atoms with Gasteiger partial charge in [-0.2, -0.15) is 0 Å². The van der Waals surface area contributed by atoms with Gasteiger partial charge in [-0.05, 0) is 122 Å². The molecular formula is C59H38N2. The SMILES string of the molecule is c1ccc(-n2c3ccccc3c3cc(-c4ccc5c(c4)c4cc6c(cc4n5-c4ccc5ccccc5c4)C(c4ccccc4)(c4ccccc4)c4ccccc4-6)ccc32)cc1. The Hall–Kier alpha value is -7.94. The quantitative estimate of drug-likeness (QED) is 0.165. The Kier molecular flexibility index (Phi) is 7.26. The number of nitrogens with zero attached hydrogens (tertiary/aromatic N) is 2. The molecule has 0 saturated carbocycles. The van der Waals surface area contributed by atoms with E-state index < -0.39 is 5.41 Å². The van der Waals surface area contributed by atoms with Gasteiger partial charge in [0, 0.05) is 32.9 Å². The Bertz CT molecular complexity index is 3650. The number of rotatable bonds is 5. The molecule has 0 fully saturated rings. The molecule has 13 rings (SSSR count). The van der Waals surface area contributed by atoms with Crippen molar-refractivity contribution in [3.63, 3.8) is 0 Å². The van der Waals surface area contributed by atoms with Crippen LogP contribution in [0.2, 0.25) is 0 Å². The summed E-state index contributed by atoms with van der Waals surface area (Å²) in [6.45, 7) is 0. The number of hydrogen-bond donors (Lipinski definition) is 0. The monoisotopic (exact) mass is 774 g/mol. The fraction of sp³-hybridized carbons (Fsp3) is 0.0169. The van der Waals surface area contributed by atoms with Gasteiger partial charge >= 0.3 is 0 Å². The van der Waals surface area contributed by atoms with Crippen LogP contribution < -0.4 is 0 Å². The molecule has 2 nitrogen and oxygen atoms in total. The summed E-state index contributed by atoms with van der Waals surface area (Å²) in [5.74, 6) is 0. The van der Waals surface area contributed by atoms with E-state index in [9.17, 15) is 0 Å². The van der Waals surface area contributed by atoms with Gasteiger partial charge in [0.1, 0.15) is 0 Å². The summed E-state index contributed by atoms with van der Waals surface area (Å²) in [5.41, 5.74) is 16.8. The van der Waals surface area contributed by atoms with Gasteiger partial charge in [0.25, 0.3) is 0 Å². The average molecular weight is 775 g/mol. The molecule has 0 spiro atoms. The standard InChI is InChI=1S/C59H38N2/c1-4-18-43(19-5-1)59(44-20-6-2-7-21-44)53-26-14-12-24-47(53)49-37-52-51-36-42(30-33-57(51)61(58(52)38-54(49)59)46-31-28-39-16-10-11-17-40(39)34-46)41-29-32-56-50(35-41)48-25-13-15-27-55(48)60(56)45-22-8-3-9-23-45/h1-38H. The van der Waals surface area contributed by atoms with E-state index in [2.05, 4.69) is 240 Å². The lowest BCUT2D eigenvalue weighted by Crippen LogP contribution is -2.28. The third-order valence-corrected chi connectivity index (χ3v) is 13.4. The minimum absolute atomic E-state index is 0.493. The van der Waals surface area contributed by atoms with Gasteiger partial charge in [-0.25, -0.2) is 0 Å². The van der Waals surface area contributed by atoms with E-state index in [0.29, 0.717) is 0 Å². The van der Waals surface area contributed by atoms with Gasteiger partial charge < -0.3 is 9.13 Å². The summed E-state index contributed by atoms with van der Waals surface area (Å²) >= 11 is 0. The van der Waals surface area contributed by atoms with Crippen molar-refractivity contribution in [2.75, 3.05) is 0 Å².